The van der Waals surface area contributed by atoms with Gasteiger partial charge < -0.3 is 4.74 Å². The number of nitrogens with zero attached hydrogens (tertiary/aromatic N) is 4. The van der Waals surface area contributed by atoms with Gasteiger partial charge in [0, 0.05) is 22.0 Å². The largest absolute Gasteiger partial charge is 0.494 e. The van der Waals surface area contributed by atoms with Crippen LogP contribution in [-0.4, -0.2) is 21.4 Å². The summed E-state index contributed by atoms with van der Waals surface area (Å²) in [6.45, 7) is 2.58. The van der Waals surface area contributed by atoms with E-state index >= 15 is 0 Å². The standard InChI is InChI=1S/C24H19ClN4OS/c1-2-30-22-12-10-21(11-13-22)29-23(19-4-3-5-20(25)14-19)27-28-24(29)31-16-18-8-6-17(15-26)7-9-18/h3-14H,2,16H2,1H3. The van der Waals surface area contributed by atoms with Gasteiger partial charge in [-0.3, -0.25) is 4.57 Å². The van der Waals surface area contributed by atoms with Crippen LogP contribution < -0.4 is 4.74 Å². The summed E-state index contributed by atoms with van der Waals surface area (Å²) in [4.78, 5) is 0. The van der Waals surface area contributed by atoms with Crippen molar-refractivity contribution in [2.75, 3.05) is 6.61 Å². The predicted molar refractivity (Wildman–Crippen MR) is 124 cm³/mol. The van der Waals surface area contributed by atoms with Gasteiger partial charge in [0.05, 0.1) is 18.2 Å². The van der Waals surface area contributed by atoms with Crippen LogP contribution in [0.4, 0.5) is 0 Å². The fourth-order valence-corrected chi connectivity index (χ4v) is 4.19. The van der Waals surface area contributed by atoms with Crippen LogP contribution in [0.5, 0.6) is 5.75 Å². The molecule has 0 aliphatic rings. The highest BCUT2D eigenvalue weighted by atomic mass is 35.5. The van der Waals surface area contributed by atoms with Crippen molar-refractivity contribution >= 4 is 23.4 Å². The number of hydrogen-bond donors (Lipinski definition) is 0. The topological polar surface area (TPSA) is 63.7 Å². The first-order chi connectivity index (χ1) is 15.2. The van der Waals surface area contributed by atoms with Crippen LogP contribution in [-0.2, 0) is 5.75 Å². The summed E-state index contributed by atoms with van der Waals surface area (Å²) in [5.41, 5.74) is 3.58. The van der Waals surface area contributed by atoms with E-state index < -0.39 is 0 Å². The number of aromatic nitrogens is 3. The normalized spacial score (nSPS) is 10.6. The Morgan fingerprint density at radius 2 is 1.81 bits per heavy atom. The van der Waals surface area contributed by atoms with Gasteiger partial charge in [-0.05, 0) is 61.0 Å². The number of nitriles is 1. The Kier molecular flexibility index (Phi) is 6.56. The Balaban J connectivity index is 1.69. The molecule has 0 spiro atoms. The van der Waals surface area contributed by atoms with E-state index in [0.717, 1.165) is 27.7 Å². The molecule has 0 aliphatic carbocycles. The Bertz CT molecular complexity index is 1210. The summed E-state index contributed by atoms with van der Waals surface area (Å²) < 4.78 is 7.60. The Morgan fingerprint density at radius 3 is 2.48 bits per heavy atom. The van der Waals surface area contributed by atoms with E-state index in [0.29, 0.717) is 28.8 Å². The molecule has 0 bridgehead atoms. The second-order valence-electron chi connectivity index (χ2n) is 6.68. The molecule has 0 atom stereocenters. The third-order valence-electron chi connectivity index (χ3n) is 4.57. The van der Waals surface area contributed by atoms with E-state index in [4.69, 9.17) is 21.6 Å². The molecule has 5 nitrogen and oxygen atoms in total. The number of halogens is 1. The third kappa shape index (κ3) is 4.91. The lowest BCUT2D eigenvalue weighted by Gasteiger charge is -2.12. The van der Waals surface area contributed by atoms with Crippen molar-refractivity contribution in [3.63, 3.8) is 0 Å². The van der Waals surface area contributed by atoms with Crippen LogP contribution in [0.15, 0.2) is 78.0 Å². The molecule has 3 aromatic carbocycles. The molecule has 0 N–H and O–H groups in total. The molecule has 0 saturated heterocycles. The molecule has 154 valence electrons. The molecule has 4 aromatic rings. The van der Waals surface area contributed by atoms with E-state index in [2.05, 4.69) is 16.3 Å². The van der Waals surface area contributed by atoms with Crippen LogP contribution >= 0.6 is 23.4 Å². The Morgan fingerprint density at radius 1 is 1.03 bits per heavy atom. The molecule has 0 amide bonds. The average Bonchev–Trinajstić information content (AvgIpc) is 3.23. The fraction of sp³-hybridized carbons (Fsp3) is 0.125. The van der Waals surface area contributed by atoms with E-state index in [-0.39, 0.29) is 0 Å². The van der Waals surface area contributed by atoms with Gasteiger partial charge in [0.15, 0.2) is 11.0 Å². The van der Waals surface area contributed by atoms with Crippen LogP contribution in [0.3, 0.4) is 0 Å². The lowest BCUT2D eigenvalue weighted by molar-refractivity contribution is 0.340. The van der Waals surface area contributed by atoms with Gasteiger partial charge in [-0.1, -0.05) is 47.6 Å². The van der Waals surface area contributed by atoms with Gasteiger partial charge in [-0.2, -0.15) is 5.26 Å². The summed E-state index contributed by atoms with van der Waals surface area (Å²) in [6.07, 6.45) is 0. The summed E-state index contributed by atoms with van der Waals surface area (Å²) in [5.74, 6) is 2.24. The van der Waals surface area contributed by atoms with Crippen molar-refractivity contribution in [2.24, 2.45) is 0 Å². The zero-order chi connectivity index (χ0) is 21.6. The molecule has 0 saturated carbocycles. The van der Waals surface area contributed by atoms with Crippen LogP contribution in [0.25, 0.3) is 17.1 Å². The van der Waals surface area contributed by atoms with E-state index in [1.54, 1.807) is 11.8 Å². The van der Waals surface area contributed by atoms with Crippen LogP contribution in [0.2, 0.25) is 5.02 Å². The van der Waals surface area contributed by atoms with Crippen molar-refractivity contribution < 1.29 is 4.74 Å². The van der Waals surface area contributed by atoms with Gasteiger partial charge in [0.25, 0.3) is 0 Å². The molecule has 0 fully saturated rings. The molecular weight excluding hydrogens is 428 g/mol. The molecule has 31 heavy (non-hydrogen) atoms. The quantitative estimate of drug-likeness (QED) is 0.318. The number of rotatable bonds is 7. The van der Waals surface area contributed by atoms with E-state index in [1.807, 2.05) is 84.3 Å². The summed E-state index contributed by atoms with van der Waals surface area (Å²) in [5, 5.41) is 19.3. The second kappa shape index (κ2) is 9.69. The first-order valence-corrected chi connectivity index (χ1v) is 11.1. The molecular formula is C24H19ClN4OS. The molecule has 1 heterocycles. The zero-order valence-corrected chi connectivity index (χ0v) is 18.4. The second-order valence-corrected chi connectivity index (χ2v) is 8.06. The average molecular weight is 447 g/mol. The smallest absolute Gasteiger partial charge is 0.196 e. The number of benzene rings is 3. The van der Waals surface area contributed by atoms with Gasteiger partial charge in [-0.25, -0.2) is 0 Å². The molecule has 4 rings (SSSR count). The maximum absolute atomic E-state index is 8.99. The Hall–Kier alpha value is -3.27. The van der Waals surface area contributed by atoms with Gasteiger partial charge in [0.1, 0.15) is 5.75 Å². The SMILES string of the molecule is CCOc1ccc(-n2c(SCc3ccc(C#N)cc3)nnc2-c2cccc(Cl)c2)cc1. The first-order valence-electron chi connectivity index (χ1n) is 9.74. The molecule has 7 heteroatoms. The predicted octanol–water partition coefficient (Wildman–Crippen LogP) is 6.15. The highest BCUT2D eigenvalue weighted by Gasteiger charge is 2.17. The van der Waals surface area contributed by atoms with Gasteiger partial charge in [-0.15, -0.1) is 10.2 Å². The number of thioether (sulfide) groups is 1. The van der Waals surface area contributed by atoms with Crippen molar-refractivity contribution in [2.45, 2.75) is 17.8 Å². The highest BCUT2D eigenvalue weighted by molar-refractivity contribution is 7.98. The lowest BCUT2D eigenvalue weighted by Crippen LogP contribution is -2.00. The number of hydrogen-bond acceptors (Lipinski definition) is 5. The number of ether oxygens (including phenoxy) is 1. The molecule has 1 aromatic heterocycles. The summed E-state index contributed by atoms with van der Waals surface area (Å²) in [7, 11) is 0. The van der Waals surface area contributed by atoms with Gasteiger partial charge in [0.2, 0.25) is 0 Å². The van der Waals surface area contributed by atoms with E-state index in [1.165, 1.54) is 0 Å². The maximum atomic E-state index is 8.99. The van der Waals surface area contributed by atoms with Crippen molar-refractivity contribution in [3.05, 3.63) is 88.9 Å². The minimum Gasteiger partial charge on any atom is -0.494 e. The highest BCUT2D eigenvalue weighted by Crippen LogP contribution is 2.31. The lowest BCUT2D eigenvalue weighted by atomic mass is 10.2. The van der Waals surface area contributed by atoms with Crippen LogP contribution in [0.1, 0.15) is 18.1 Å². The first kappa shape index (κ1) is 21.0. The maximum Gasteiger partial charge on any atom is 0.196 e. The Labute approximate surface area is 190 Å². The van der Waals surface area contributed by atoms with E-state index in [9.17, 15) is 0 Å². The van der Waals surface area contributed by atoms with Crippen LogP contribution in [0, 0.1) is 11.3 Å². The molecule has 0 aliphatic heterocycles. The zero-order valence-electron chi connectivity index (χ0n) is 16.8. The molecule has 0 unspecified atom stereocenters. The minimum absolute atomic E-state index is 0.617. The van der Waals surface area contributed by atoms with Crippen molar-refractivity contribution in [1.82, 2.24) is 14.8 Å². The van der Waals surface area contributed by atoms with Gasteiger partial charge >= 0.3 is 0 Å². The van der Waals surface area contributed by atoms with Crippen molar-refractivity contribution in [3.8, 4) is 28.9 Å². The fourth-order valence-electron chi connectivity index (χ4n) is 3.09. The summed E-state index contributed by atoms with van der Waals surface area (Å²) >= 11 is 7.80. The third-order valence-corrected chi connectivity index (χ3v) is 5.81. The monoisotopic (exact) mass is 446 g/mol. The van der Waals surface area contributed by atoms with Crippen molar-refractivity contribution in [1.29, 1.82) is 5.26 Å². The molecule has 0 radical (unpaired) electrons. The minimum atomic E-state index is 0.617. The summed E-state index contributed by atoms with van der Waals surface area (Å²) in [6, 6.07) is 25.2.